The summed E-state index contributed by atoms with van der Waals surface area (Å²) in [5, 5.41) is 0. The Hall–Kier alpha value is -3.80. The highest BCUT2D eigenvalue weighted by Gasteiger charge is 2.09. The summed E-state index contributed by atoms with van der Waals surface area (Å²) >= 11 is 0. The number of hydrazine groups is 1. The smallest absolute Gasteiger partial charge is 0.276 e. The van der Waals surface area contributed by atoms with E-state index in [0.29, 0.717) is 23.7 Å². The molecule has 0 saturated heterocycles. The van der Waals surface area contributed by atoms with Crippen molar-refractivity contribution in [2.24, 2.45) is 0 Å². The molecule has 0 fully saturated rings. The second-order valence-electron chi connectivity index (χ2n) is 6.41. The second kappa shape index (κ2) is 9.94. The van der Waals surface area contributed by atoms with Crippen LogP contribution in [0.2, 0.25) is 0 Å². The number of rotatable bonds is 7. The summed E-state index contributed by atoms with van der Waals surface area (Å²) in [5.41, 5.74) is 7.15. The lowest BCUT2D eigenvalue weighted by atomic mass is 10.2. The lowest BCUT2D eigenvalue weighted by Gasteiger charge is -2.10. The van der Waals surface area contributed by atoms with E-state index >= 15 is 0 Å². The van der Waals surface area contributed by atoms with Gasteiger partial charge in [0.1, 0.15) is 18.1 Å². The van der Waals surface area contributed by atoms with Crippen molar-refractivity contribution in [2.45, 2.75) is 13.5 Å². The lowest BCUT2D eigenvalue weighted by molar-refractivity contribution is -0.123. The number of aryl methyl sites for hydroxylation is 1. The standard InChI is InChI=1S/C23H22N2O4/c1-17-7-5-11-20(13-17)29-16-22(26)24-25-23(27)19-10-6-12-21(14-19)28-15-18-8-3-2-4-9-18/h2-14H,15-16H2,1H3,(H,24,26)(H,25,27). The van der Waals surface area contributed by atoms with Crippen molar-refractivity contribution in [1.82, 2.24) is 10.9 Å². The number of nitrogens with one attached hydrogen (secondary N) is 2. The molecule has 0 aliphatic heterocycles. The molecule has 3 aromatic carbocycles. The average molecular weight is 390 g/mol. The van der Waals surface area contributed by atoms with Gasteiger partial charge in [-0.2, -0.15) is 0 Å². The first-order valence-electron chi connectivity index (χ1n) is 9.15. The minimum atomic E-state index is -0.462. The fourth-order valence-electron chi connectivity index (χ4n) is 2.56. The number of carbonyl (C=O) groups is 2. The summed E-state index contributed by atoms with van der Waals surface area (Å²) in [4.78, 5) is 24.2. The SMILES string of the molecule is Cc1cccc(OCC(=O)NNC(=O)c2cccc(OCc3ccccc3)c2)c1. The Morgan fingerprint density at radius 1 is 0.793 bits per heavy atom. The van der Waals surface area contributed by atoms with Gasteiger partial charge in [0.05, 0.1) is 0 Å². The van der Waals surface area contributed by atoms with E-state index in [4.69, 9.17) is 9.47 Å². The van der Waals surface area contributed by atoms with E-state index in [1.54, 1.807) is 30.3 Å². The number of amides is 2. The summed E-state index contributed by atoms with van der Waals surface area (Å²) in [6.07, 6.45) is 0. The summed E-state index contributed by atoms with van der Waals surface area (Å²) in [7, 11) is 0. The van der Waals surface area contributed by atoms with Gasteiger partial charge in [0, 0.05) is 5.56 Å². The first kappa shape index (κ1) is 19.9. The maximum Gasteiger partial charge on any atom is 0.276 e. The number of carbonyl (C=O) groups excluding carboxylic acids is 2. The molecule has 2 N–H and O–H groups in total. The van der Waals surface area contributed by atoms with Crippen LogP contribution >= 0.6 is 0 Å². The molecule has 0 saturated carbocycles. The summed E-state index contributed by atoms with van der Waals surface area (Å²) < 4.78 is 11.1. The van der Waals surface area contributed by atoms with Gasteiger partial charge in [0.2, 0.25) is 0 Å². The van der Waals surface area contributed by atoms with Gasteiger partial charge in [-0.1, -0.05) is 48.5 Å². The molecule has 29 heavy (non-hydrogen) atoms. The number of hydrogen-bond acceptors (Lipinski definition) is 4. The molecule has 0 aliphatic rings. The number of ether oxygens (including phenoxy) is 2. The maximum absolute atomic E-state index is 12.3. The van der Waals surface area contributed by atoms with Gasteiger partial charge in [0.15, 0.2) is 6.61 Å². The van der Waals surface area contributed by atoms with Gasteiger partial charge in [-0.3, -0.25) is 20.4 Å². The van der Waals surface area contributed by atoms with Gasteiger partial charge in [0.25, 0.3) is 11.8 Å². The summed E-state index contributed by atoms with van der Waals surface area (Å²) in [6, 6.07) is 23.9. The third-order valence-electron chi connectivity index (χ3n) is 4.02. The van der Waals surface area contributed by atoms with Crippen molar-refractivity contribution >= 4 is 11.8 Å². The van der Waals surface area contributed by atoms with Gasteiger partial charge in [-0.15, -0.1) is 0 Å². The molecule has 0 bridgehead atoms. The molecule has 3 rings (SSSR count). The van der Waals surface area contributed by atoms with Gasteiger partial charge in [-0.05, 0) is 48.4 Å². The summed E-state index contributed by atoms with van der Waals surface area (Å²) in [6.45, 7) is 2.13. The molecule has 0 aliphatic carbocycles. The molecule has 0 unspecified atom stereocenters. The van der Waals surface area contributed by atoms with Crippen LogP contribution < -0.4 is 20.3 Å². The van der Waals surface area contributed by atoms with Gasteiger partial charge < -0.3 is 9.47 Å². The van der Waals surface area contributed by atoms with Crippen LogP contribution in [-0.4, -0.2) is 18.4 Å². The van der Waals surface area contributed by atoms with Crippen LogP contribution in [0.1, 0.15) is 21.5 Å². The topological polar surface area (TPSA) is 76.7 Å². The molecule has 148 valence electrons. The molecule has 2 amide bonds. The number of hydrogen-bond donors (Lipinski definition) is 2. The van der Waals surface area contributed by atoms with Crippen LogP contribution in [-0.2, 0) is 11.4 Å². The second-order valence-corrected chi connectivity index (χ2v) is 6.41. The highest BCUT2D eigenvalue weighted by Crippen LogP contribution is 2.15. The first-order valence-corrected chi connectivity index (χ1v) is 9.15. The molecule has 3 aromatic rings. The van der Waals surface area contributed by atoms with E-state index < -0.39 is 11.8 Å². The van der Waals surface area contributed by atoms with Crippen LogP contribution in [0.3, 0.4) is 0 Å². The van der Waals surface area contributed by atoms with Crippen molar-refractivity contribution in [1.29, 1.82) is 0 Å². The molecule has 0 spiro atoms. The average Bonchev–Trinajstić information content (AvgIpc) is 2.75. The quantitative estimate of drug-likeness (QED) is 0.606. The minimum Gasteiger partial charge on any atom is -0.489 e. The number of benzene rings is 3. The molecule has 0 atom stereocenters. The molecule has 6 heteroatoms. The molecular formula is C23H22N2O4. The van der Waals surface area contributed by atoms with Gasteiger partial charge >= 0.3 is 0 Å². The van der Waals surface area contributed by atoms with Crippen LogP contribution in [0.5, 0.6) is 11.5 Å². The van der Waals surface area contributed by atoms with Crippen LogP contribution in [0.25, 0.3) is 0 Å². The molecule has 0 aromatic heterocycles. The van der Waals surface area contributed by atoms with Gasteiger partial charge in [-0.25, -0.2) is 0 Å². The zero-order chi connectivity index (χ0) is 20.5. The van der Waals surface area contributed by atoms with Crippen LogP contribution in [0.15, 0.2) is 78.9 Å². The van der Waals surface area contributed by atoms with E-state index in [9.17, 15) is 9.59 Å². The fourth-order valence-corrected chi connectivity index (χ4v) is 2.56. The van der Waals surface area contributed by atoms with E-state index in [0.717, 1.165) is 11.1 Å². The molecule has 0 radical (unpaired) electrons. The van der Waals surface area contributed by atoms with Crippen molar-refractivity contribution in [2.75, 3.05) is 6.61 Å². The van der Waals surface area contributed by atoms with Crippen LogP contribution in [0, 0.1) is 6.92 Å². The highest BCUT2D eigenvalue weighted by atomic mass is 16.5. The van der Waals surface area contributed by atoms with Crippen molar-refractivity contribution in [3.8, 4) is 11.5 Å². The van der Waals surface area contributed by atoms with E-state index in [1.165, 1.54) is 0 Å². The monoisotopic (exact) mass is 390 g/mol. The van der Waals surface area contributed by atoms with Crippen molar-refractivity contribution in [3.05, 3.63) is 95.6 Å². The van der Waals surface area contributed by atoms with E-state index in [-0.39, 0.29) is 6.61 Å². The Kier molecular flexibility index (Phi) is 6.84. The Balaban J connectivity index is 1.46. The Morgan fingerprint density at radius 3 is 2.28 bits per heavy atom. The lowest BCUT2D eigenvalue weighted by Crippen LogP contribution is -2.43. The Labute approximate surface area is 169 Å². The van der Waals surface area contributed by atoms with E-state index in [1.807, 2.05) is 55.5 Å². The van der Waals surface area contributed by atoms with Crippen LogP contribution in [0.4, 0.5) is 0 Å². The summed E-state index contributed by atoms with van der Waals surface area (Å²) in [5.74, 6) is 0.251. The van der Waals surface area contributed by atoms with Crippen molar-refractivity contribution < 1.29 is 19.1 Å². The first-order chi connectivity index (χ1) is 14.1. The molecule has 6 nitrogen and oxygen atoms in total. The normalized spacial score (nSPS) is 10.1. The predicted molar refractivity (Wildman–Crippen MR) is 109 cm³/mol. The zero-order valence-corrected chi connectivity index (χ0v) is 16.1. The maximum atomic E-state index is 12.3. The predicted octanol–water partition coefficient (Wildman–Crippen LogP) is 3.41. The third kappa shape index (κ3) is 6.39. The zero-order valence-electron chi connectivity index (χ0n) is 16.1. The Morgan fingerprint density at radius 2 is 1.52 bits per heavy atom. The Bertz CT molecular complexity index is 973. The largest absolute Gasteiger partial charge is 0.489 e. The third-order valence-corrected chi connectivity index (χ3v) is 4.02. The highest BCUT2D eigenvalue weighted by molar-refractivity contribution is 5.95. The minimum absolute atomic E-state index is 0.204. The molecular weight excluding hydrogens is 368 g/mol. The van der Waals surface area contributed by atoms with E-state index in [2.05, 4.69) is 10.9 Å². The fraction of sp³-hybridized carbons (Fsp3) is 0.130. The van der Waals surface area contributed by atoms with Crippen molar-refractivity contribution in [3.63, 3.8) is 0 Å². The molecule has 0 heterocycles.